The molecule has 0 radical (unpaired) electrons. The van der Waals surface area contributed by atoms with Crippen LogP contribution in [0, 0.1) is 20.8 Å². The Kier molecular flexibility index (Phi) is 8.72. The van der Waals surface area contributed by atoms with Crippen molar-refractivity contribution >= 4 is 35.6 Å². The number of rotatable bonds is 5. The molecule has 1 atom stereocenters. The molecule has 5 nitrogen and oxygen atoms in total. The highest BCUT2D eigenvalue weighted by Gasteiger charge is 2.22. The Hall–Kier alpha value is -1.64. The molecule has 0 spiro atoms. The summed E-state index contributed by atoms with van der Waals surface area (Å²) >= 11 is 0. The van der Waals surface area contributed by atoms with Crippen molar-refractivity contribution in [3.05, 3.63) is 64.7 Å². The molecule has 3 N–H and O–H groups in total. The van der Waals surface area contributed by atoms with Gasteiger partial charge in [0.2, 0.25) is 0 Å². The van der Waals surface area contributed by atoms with Crippen LogP contribution in [0.25, 0.3) is 0 Å². The van der Waals surface area contributed by atoms with Crippen molar-refractivity contribution in [1.29, 1.82) is 0 Å². The van der Waals surface area contributed by atoms with Crippen molar-refractivity contribution in [2.75, 3.05) is 38.2 Å². The lowest BCUT2D eigenvalue weighted by Gasteiger charge is -2.34. The molecule has 1 fully saturated rings. The number of guanidine groups is 1. The highest BCUT2D eigenvalue weighted by molar-refractivity contribution is 14.0. The molecular formula is C22H31IN4O. The number of halogens is 1. The lowest BCUT2D eigenvalue weighted by Crippen LogP contribution is -2.40. The summed E-state index contributed by atoms with van der Waals surface area (Å²) in [6, 6.07) is 15.2. The van der Waals surface area contributed by atoms with Gasteiger partial charge in [0.1, 0.15) is 0 Å². The van der Waals surface area contributed by atoms with Crippen molar-refractivity contribution in [2.24, 2.45) is 10.7 Å². The minimum Gasteiger partial charge on any atom is -0.379 e. The first-order chi connectivity index (χ1) is 13.0. The van der Waals surface area contributed by atoms with Crippen molar-refractivity contribution in [1.82, 2.24) is 4.90 Å². The maximum absolute atomic E-state index is 6.18. The van der Waals surface area contributed by atoms with Gasteiger partial charge >= 0.3 is 0 Å². The molecule has 152 valence electrons. The first-order valence-electron chi connectivity index (χ1n) is 9.55. The van der Waals surface area contributed by atoms with Crippen LogP contribution in [0.2, 0.25) is 0 Å². The minimum atomic E-state index is 0. The van der Waals surface area contributed by atoms with Crippen molar-refractivity contribution < 1.29 is 4.74 Å². The highest BCUT2D eigenvalue weighted by atomic mass is 127. The van der Waals surface area contributed by atoms with E-state index in [0.717, 1.165) is 32.0 Å². The van der Waals surface area contributed by atoms with Crippen molar-refractivity contribution in [2.45, 2.75) is 26.8 Å². The van der Waals surface area contributed by atoms with Crippen LogP contribution in [0.1, 0.15) is 28.3 Å². The summed E-state index contributed by atoms with van der Waals surface area (Å²) in [5.41, 5.74) is 12.1. The van der Waals surface area contributed by atoms with Gasteiger partial charge in [0.15, 0.2) is 5.96 Å². The Bertz CT molecular complexity index is 765. The third-order valence-electron chi connectivity index (χ3n) is 4.88. The smallest absolute Gasteiger partial charge is 0.193 e. The number of nitrogens with zero attached hydrogens (tertiary/aromatic N) is 2. The fourth-order valence-electron chi connectivity index (χ4n) is 3.53. The molecular weight excluding hydrogens is 463 g/mol. The molecule has 0 bridgehead atoms. The van der Waals surface area contributed by atoms with E-state index in [0.29, 0.717) is 12.5 Å². The maximum Gasteiger partial charge on any atom is 0.193 e. The lowest BCUT2D eigenvalue weighted by molar-refractivity contribution is 0.0180. The van der Waals surface area contributed by atoms with Crippen LogP contribution in [0.3, 0.4) is 0 Å². The number of benzene rings is 2. The Labute approximate surface area is 185 Å². The predicted octanol–water partition coefficient (Wildman–Crippen LogP) is 4.03. The number of anilines is 1. The second kappa shape index (κ2) is 10.8. The zero-order valence-electron chi connectivity index (χ0n) is 16.9. The van der Waals surface area contributed by atoms with E-state index in [2.05, 4.69) is 78.4 Å². The number of nitrogens with one attached hydrogen (secondary N) is 1. The van der Waals surface area contributed by atoms with E-state index in [-0.39, 0.29) is 30.0 Å². The zero-order valence-corrected chi connectivity index (χ0v) is 19.3. The number of hydrogen-bond acceptors (Lipinski definition) is 3. The largest absolute Gasteiger partial charge is 0.379 e. The summed E-state index contributed by atoms with van der Waals surface area (Å²) in [6.07, 6.45) is 0. The van der Waals surface area contributed by atoms with Gasteiger partial charge in [-0.25, -0.2) is 0 Å². The third kappa shape index (κ3) is 6.46. The molecule has 6 heteroatoms. The van der Waals surface area contributed by atoms with Crippen LogP contribution in [0.5, 0.6) is 0 Å². The molecule has 2 aromatic carbocycles. The molecule has 3 rings (SSSR count). The van der Waals surface area contributed by atoms with Gasteiger partial charge in [0, 0.05) is 18.8 Å². The summed E-state index contributed by atoms with van der Waals surface area (Å²) in [6.45, 7) is 10.3. The predicted molar refractivity (Wildman–Crippen MR) is 128 cm³/mol. The zero-order chi connectivity index (χ0) is 19.2. The fraction of sp³-hybridized carbons (Fsp3) is 0.409. The topological polar surface area (TPSA) is 62.9 Å². The summed E-state index contributed by atoms with van der Waals surface area (Å²) in [5.74, 6) is 0.449. The molecule has 1 aliphatic heterocycles. The molecule has 0 aliphatic carbocycles. The summed E-state index contributed by atoms with van der Waals surface area (Å²) in [4.78, 5) is 7.09. The number of aliphatic imine (C=N–C) groups is 1. The molecule has 1 heterocycles. The fourth-order valence-corrected chi connectivity index (χ4v) is 3.53. The Balaban J connectivity index is 0.00000280. The lowest BCUT2D eigenvalue weighted by atomic mass is 10.0. The normalized spacial score (nSPS) is 16.3. The van der Waals surface area contributed by atoms with Gasteiger partial charge in [-0.3, -0.25) is 9.89 Å². The van der Waals surface area contributed by atoms with E-state index in [1.54, 1.807) is 0 Å². The van der Waals surface area contributed by atoms with Gasteiger partial charge in [0.25, 0.3) is 0 Å². The van der Waals surface area contributed by atoms with Crippen LogP contribution in [0.15, 0.2) is 47.5 Å². The molecule has 28 heavy (non-hydrogen) atoms. The molecule has 2 aromatic rings. The first kappa shape index (κ1) is 22.6. The highest BCUT2D eigenvalue weighted by Crippen LogP contribution is 2.23. The van der Waals surface area contributed by atoms with Crippen LogP contribution in [0.4, 0.5) is 5.69 Å². The third-order valence-corrected chi connectivity index (χ3v) is 4.88. The molecule has 1 unspecified atom stereocenters. The number of ether oxygens (including phenoxy) is 1. The average molecular weight is 494 g/mol. The molecule has 0 saturated carbocycles. The monoisotopic (exact) mass is 494 g/mol. The summed E-state index contributed by atoms with van der Waals surface area (Å²) in [7, 11) is 0. The molecule has 1 saturated heterocycles. The number of hydrogen-bond donors (Lipinski definition) is 2. The molecule has 0 amide bonds. The SMILES string of the molecule is Cc1ccc(C(CN=C(N)Nc2cc(C)cc(C)c2)N2CCOCC2)cc1.I. The van der Waals surface area contributed by atoms with Gasteiger partial charge < -0.3 is 15.8 Å². The summed E-state index contributed by atoms with van der Waals surface area (Å²) < 4.78 is 5.52. The quantitative estimate of drug-likeness (QED) is 0.375. The number of aryl methyl sites for hydroxylation is 3. The van der Waals surface area contributed by atoms with Gasteiger partial charge in [-0.15, -0.1) is 24.0 Å². The first-order valence-corrected chi connectivity index (χ1v) is 9.55. The second-order valence-corrected chi connectivity index (χ2v) is 7.30. The van der Waals surface area contributed by atoms with Gasteiger partial charge in [-0.2, -0.15) is 0 Å². The number of nitrogens with two attached hydrogens (primary N) is 1. The maximum atomic E-state index is 6.18. The van der Waals surface area contributed by atoms with E-state index in [9.17, 15) is 0 Å². The molecule has 1 aliphatic rings. The van der Waals surface area contributed by atoms with Crippen LogP contribution in [-0.4, -0.2) is 43.7 Å². The second-order valence-electron chi connectivity index (χ2n) is 7.30. The van der Waals surface area contributed by atoms with E-state index in [1.807, 2.05) is 0 Å². The minimum absolute atomic E-state index is 0. The van der Waals surface area contributed by atoms with Crippen molar-refractivity contribution in [3.63, 3.8) is 0 Å². The Morgan fingerprint density at radius 3 is 2.25 bits per heavy atom. The number of morpholine rings is 1. The van der Waals surface area contributed by atoms with E-state index in [4.69, 9.17) is 10.5 Å². The van der Waals surface area contributed by atoms with Gasteiger partial charge in [-0.1, -0.05) is 35.9 Å². The van der Waals surface area contributed by atoms with Crippen LogP contribution in [-0.2, 0) is 4.74 Å². The van der Waals surface area contributed by atoms with E-state index in [1.165, 1.54) is 22.3 Å². The van der Waals surface area contributed by atoms with Crippen LogP contribution >= 0.6 is 24.0 Å². The standard InChI is InChI=1S/C22H30N4O.HI/c1-16-4-6-19(7-5-16)21(26-8-10-27-11-9-26)15-24-22(23)25-20-13-17(2)12-18(3)14-20;/h4-7,12-14,21H,8-11,15H2,1-3H3,(H3,23,24,25);1H. The Morgan fingerprint density at radius 2 is 1.64 bits per heavy atom. The Morgan fingerprint density at radius 1 is 1.04 bits per heavy atom. The average Bonchev–Trinajstić information content (AvgIpc) is 2.63. The van der Waals surface area contributed by atoms with Gasteiger partial charge in [0.05, 0.1) is 25.8 Å². The van der Waals surface area contributed by atoms with E-state index >= 15 is 0 Å². The van der Waals surface area contributed by atoms with Crippen LogP contribution < -0.4 is 11.1 Å². The van der Waals surface area contributed by atoms with Gasteiger partial charge in [-0.05, 0) is 49.6 Å². The molecule has 0 aromatic heterocycles. The summed E-state index contributed by atoms with van der Waals surface area (Å²) in [5, 5.41) is 3.23. The van der Waals surface area contributed by atoms with Crippen molar-refractivity contribution in [3.8, 4) is 0 Å². The van der Waals surface area contributed by atoms with E-state index < -0.39 is 0 Å².